The first kappa shape index (κ1) is 23.3. The maximum atomic E-state index is 12.9. The van der Waals surface area contributed by atoms with E-state index in [1.807, 2.05) is 0 Å². The second-order valence-corrected chi connectivity index (χ2v) is 9.96. The van der Waals surface area contributed by atoms with Crippen LogP contribution >= 0.6 is 11.6 Å². The van der Waals surface area contributed by atoms with E-state index in [2.05, 4.69) is 5.32 Å². The van der Waals surface area contributed by atoms with Crippen LogP contribution in [0.3, 0.4) is 0 Å². The standard InChI is InChI=1S/C22H23ClN2O7S/c23-17-6-5-16(11-20(17)33(28,29)25-8-2-1-3-9-25)22(27)30-13-21(26)24-12-15-4-7-18-19(10-15)32-14-31-18/h4-7,10-11H,1-3,8-9,12-14H2,(H,24,26). The summed E-state index contributed by atoms with van der Waals surface area (Å²) in [5.41, 5.74) is 0.794. The second kappa shape index (κ2) is 9.98. The van der Waals surface area contributed by atoms with Crippen LogP contribution in [0.25, 0.3) is 0 Å². The minimum absolute atomic E-state index is 0.00134. The zero-order valence-electron chi connectivity index (χ0n) is 17.7. The molecule has 2 aliphatic heterocycles. The number of esters is 1. The van der Waals surface area contributed by atoms with Gasteiger partial charge in [0.05, 0.1) is 10.6 Å². The van der Waals surface area contributed by atoms with Crippen molar-refractivity contribution in [3.8, 4) is 11.5 Å². The molecule has 1 saturated heterocycles. The van der Waals surface area contributed by atoms with Gasteiger partial charge in [0.2, 0.25) is 16.8 Å². The molecule has 0 saturated carbocycles. The molecular weight excluding hydrogens is 472 g/mol. The van der Waals surface area contributed by atoms with E-state index in [0.29, 0.717) is 24.6 Å². The average molecular weight is 495 g/mol. The lowest BCUT2D eigenvalue weighted by Crippen LogP contribution is -2.35. The number of halogens is 1. The van der Waals surface area contributed by atoms with E-state index >= 15 is 0 Å². The van der Waals surface area contributed by atoms with Gasteiger partial charge >= 0.3 is 5.97 Å². The molecule has 2 heterocycles. The molecule has 176 valence electrons. The van der Waals surface area contributed by atoms with Crippen molar-refractivity contribution in [1.29, 1.82) is 0 Å². The minimum Gasteiger partial charge on any atom is -0.454 e. The monoisotopic (exact) mass is 494 g/mol. The maximum absolute atomic E-state index is 12.9. The Balaban J connectivity index is 1.34. The van der Waals surface area contributed by atoms with Gasteiger partial charge in [0.1, 0.15) is 4.90 Å². The van der Waals surface area contributed by atoms with Gasteiger partial charge in [-0.2, -0.15) is 4.31 Å². The van der Waals surface area contributed by atoms with Crippen molar-refractivity contribution < 1.29 is 32.2 Å². The molecule has 4 rings (SSSR count). The van der Waals surface area contributed by atoms with Crippen LogP contribution in [-0.2, 0) is 26.1 Å². The fourth-order valence-corrected chi connectivity index (χ4v) is 5.61. The van der Waals surface area contributed by atoms with Gasteiger partial charge in [0.25, 0.3) is 5.91 Å². The zero-order chi connectivity index (χ0) is 23.4. The number of sulfonamides is 1. The number of piperidine rings is 1. The third-order valence-electron chi connectivity index (χ3n) is 5.36. The van der Waals surface area contributed by atoms with E-state index in [0.717, 1.165) is 24.8 Å². The van der Waals surface area contributed by atoms with Crippen molar-refractivity contribution >= 4 is 33.5 Å². The van der Waals surface area contributed by atoms with E-state index in [4.69, 9.17) is 25.8 Å². The average Bonchev–Trinajstić information content (AvgIpc) is 3.30. The van der Waals surface area contributed by atoms with Crippen LogP contribution in [0.1, 0.15) is 35.2 Å². The van der Waals surface area contributed by atoms with Crippen molar-refractivity contribution in [2.24, 2.45) is 0 Å². The van der Waals surface area contributed by atoms with E-state index < -0.39 is 28.5 Å². The third kappa shape index (κ3) is 5.40. The number of carbonyl (C=O) groups excluding carboxylic acids is 2. The van der Waals surface area contributed by atoms with Crippen molar-refractivity contribution in [2.75, 3.05) is 26.5 Å². The summed E-state index contributed by atoms with van der Waals surface area (Å²) in [6.45, 7) is 0.688. The highest BCUT2D eigenvalue weighted by Crippen LogP contribution is 2.32. The SMILES string of the molecule is O=C(COC(=O)c1ccc(Cl)c(S(=O)(=O)N2CCCCC2)c1)NCc1ccc2c(c1)OCO2. The highest BCUT2D eigenvalue weighted by Gasteiger charge is 2.29. The lowest BCUT2D eigenvalue weighted by Gasteiger charge is -2.26. The molecule has 9 nitrogen and oxygen atoms in total. The van der Waals surface area contributed by atoms with Crippen LogP contribution in [0, 0.1) is 0 Å². The summed E-state index contributed by atoms with van der Waals surface area (Å²) in [5, 5.41) is 2.67. The molecule has 2 aromatic carbocycles. The van der Waals surface area contributed by atoms with Crippen molar-refractivity contribution in [1.82, 2.24) is 9.62 Å². The summed E-state index contributed by atoms with van der Waals surface area (Å²) in [5.74, 6) is -0.0778. The summed E-state index contributed by atoms with van der Waals surface area (Å²) in [4.78, 5) is 24.4. The number of carbonyl (C=O) groups is 2. The van der Waals surface area contributed by atoms with Crippen LogP contribution in [0.4, 0.5) is 0 Å². The van der Waals surface area contributed by atoms with Gasteiger partial charge in [-0.15, -0.1) is 0 Å². The molecule has 0 spiro atoms. The largest absolute Gasteiger partial charge is 0.454 e. The Hall–Kier alpha value is -2.82. The first-order valence-electron chi connectivity index (χ1n) is 10.5. The fourth-order valence-electron chi connectivity index (χ4n) is 3.59. The summed E-state index contributed by atoms with van der Waals surface area (Å²) in [6, 6.07) is 9.20. The number of hydrogen-bond donors (Lipinski definition) is 1. The number of ether oxygens (including phenoxy) is 3. The minimum atomic E-state index is -3.83. The van der Waals surface area contributed by atoms with Gasteiger partial charge in [-0.05, 0) is 48.7 Å². The Bertz CT molecular complexity index is 1160. The predicted octanol–water partition coefficient (Wildman–Crippen LogP) is 2.72. The Labute approximate surface area is 196 Å². The summed E-state index contributed by atoms with van der Waals surface area (Å²) in [7, 11) is -3.83. The highest BCUT2D eigenvalue weighted by atomic mass is 35.5. The van der Waals surface area contributed by atoms with Gasteiger partial charge in [-0.1, -0.05) is 24.1 Å². The number of fused-ring (bicyclic) bond motifs is 1. The Morgan fingerprint density at radius 3 is 2.58 bits per heavy atom. The van der Waals surface area contributed by atoms with Crippen LogP contribution in [0.5, 0.6) is 11.5 Å². The molecule has 1 N–H and O–H groups in total. The van der Waals surface area contributed by atoms with Crippen LogP contribution < -0.4 is 14.8 Å². The second-order valence-electron chi connectivity index (χ2n) is 7.65. The lowest BCUT2D eigenvalue weighted by atomic mass is 10.2. The van der Waals surface area contributed by atoms with Crippen LogP contribution in [0.15, 0.2) is 41.3 Å². The molecule has 33 heavy (non-hydrogen) atoms. The van der Waals surface area contributed by atoms with Gasteiger partial charge in [0, 0.05) is 19.6 Å². The topological polar surface area (TPSA) is 111 Å². The first-order valence-corrected chi connectivity index (χ1v) is 12.3. The summed E-state index contributed by atoms with van der Waals surface area (Å²) < 4.78 is 42.9. The van der Waals surface area contributed by atoms with Crippen LogP contribution in [-0.4, -0.2) is 51.1 Å². The number of rotatable bonds is 7. The molecule has 0 unspecified atom stereocenters. The van der Waals surface area contributed by atoms with E-state index in [1.165, 1.54) is 22.5 Å². The fraction of sp³-hybridized carbons (Fsp3) is 0.364. The number of benzene rings is 2. The molecule has 0 radical (unpaired) electrons. The highest BCUT2D eigenvalue weighted by molar-refractivity contribution is 7.89. The van der Waals surface area contributed by atoms with Gasteiger partial charge in [-0.25, -0.2) is 13.2 Å². The van der Waals surface area contributed by atoms with E-state index in [9.17, 15) is 18.0 Å². The maximum Gasteiger partial charge on any atom is 0.338 e. The Morgan fingerprint density at radius 1 is 1.03 bits per heavy atom. The molecule has 1 amide bonds. The number of hydrogen-bond acceptors (Lipinski definition) is 7. The molecule has 1 fully saturated rings. The van der Waals surface area contributed by atoms with E-state index in [-0.39, 0.29) is 28.8 Å². The number of amides is 1. The zero-order valence-corrected chi connectivity index (χ0v) is 19.3. The predicted molar refractivity (Wildman–Crippen MR) is 119 cm³/mol. The van der Waals surface area contributed by atoms with Gasteiger partial charge < -0.3 is 19.5 Å². The normalized spacial score (nSPS) is 15.8. The summed E-state index contributed by atoms with van der Waals surface area (Å²) >= 11 is 6.13. The Morgan fingerprint density at radius 2 is 1.79 bits per heavy atom. The van der Waals surface area contributed by atoms with Crippen LogP contribution in [0.2, 0.25) is 5.02 Å². The molecule has 2 aliphatic rings. The molecule has 0 aliphatic carbocycles. The molecule has 0 atom stereocenters. The van der Waals surface area contributed by atoms with Gasteiger partial charge in [-0.3, -0.25) is 4.79 Å². The van der Waals surface area contributed by atoms with Crippen molar-refractivity contribution in [2.45, 2.75) is 30.7 Å². The quantitative estimate of drug-likeness (QED) is 0.589. The molecule has 0 aromatic heterocycles. The molecular formula is C22H23ClN2O7S. The van der Waals surface area contributed by atoms with Gasteiger partial charge in [0.15, 0.2) is 18.1 Å². The number of nitrogens with zero attached hydrogens (tertiary/aromatic N) is 1. The molecule has 11 heteroatoms. The lowest BCUT2D eigenvalue weighted by molar-refractivity contribution is -0.124. The summed E-state index contributed by atoms with van der Waals surface area (Å²) in [6.07, 6.45) is 2.53. The van der Waals surface area contributed by atoms with Crippen molar-refractivity contribution in [3.05, 3.63) is 52.5 Å². The Kier molecular flexibility index (Phi) is 7.06. The first-order chi connectivity index (χ1) is 15.8. The number of nitrogens with one attached hydrogen (secondary N) is 1. The molecule has 2 aromatic rings. The third-order valence-corrected chi connectivity index (χ3v) is 7.74. The van der Waals surface area contributed by atoms with Crippen molar-refractivity contribution in [3.63, 3.8) is 0 Å². The van der Waals surface area contributed by atoms with E-state index in [1.54, 1.807) is 18.2 Å². The smallest absolute Gasteiger partial charge is 0.338 e. The molecule has 0 bridgehead atoms.